The number of hydrazone groups is 1. The van der Waals surface area contributed by atoms with Gasteiger partial charge >= 0.3 is 0 Å². The normalized spacial score (nSPS) is 11.4. The molecule has 0 spiro atoms. The molecule has 1 aromatic heterocycles. The Hall–Kier alpha value is -3.91. The summed E-state index contributed by atoms with van der Waals surface area (Å²) in [5, 5.41) is 13.7. The van der Waals surface area contributed by atoms with Gasteiger partial charge in [0.05, 0.1) is 18.6 Å². The monoisotopic (exact) mass is 485 g/mol. The van der Waals surface area contributed by atoms with E-state index in [2.05, 4.69) is 20.7 Å². The van der Waals surface area contributed by atoms with E-state index in [4.69, 9.17) is 4.74 Å². The summed E-state index contributed by atoms with van der Waals surface area (Å²) in [5.41, 5.74) is 8.47. The predicted octanol–water partition coefficient (Wildman–Crippen LogP) is 5.19. The first-order valence-corrected chi connectivity index (χ1v) is 12.1. The van der Waals surface area contributed by atoms with Crippen LogP contribution in [0.25, 0.3) is 17.1 Å². The van der Waals surface area contributed by atoms with Gasteiger partial charge in [0.25, 0.3) is 5.91 Å². The molecule has 0 aliphatic rings. The number of aryl methyl sites for hydroxylation is 2. The van der Waals surface area contributed by atoms with E-state index in [1.54, 1.807) is 7.11 Å². The lowest BCUT2D eigenvalue weighted by atomic mass is 10.1. The largest absolute Gasteiger partial charge is 0.497 e. The summed E-state index contributed by atoms with van der Waals surface area (Å²) in [6, 6.07) is 23.8. The average molecular weight is 486 g/mol. The van der Waals surface area contributed by atoms with Gasteiger partial charge in [-0.1, -0.05) is 59.3 Å². The van der Waals surface area contributed by atoms with Gasteiger partial charge in [0, 0.05) is 11.3 Å². The van der Waals surface area contributed by atoms with Crippen LogP contribution in [0.1, 0.15) is 23.6 Å². The van der Waals surface area contributed by atoms with E-state index in [1.165, 1.54) is 17.3 Å². The fraction of sp³-hybridized carbons (Fsp3) is 0.185. The minimum atomic E-state index is -0.224. The first-order valence-electron chi connectivity index (χ1n) is 11.1. The first kappa shape index (κ1) is 24.2. The second-order valence-corrected chi connectivity index (χ2v) is 9.04. The van der Waals surface area contributed by atoms with E-state index >= 15 is 0 Å². The van der Waals surface area contributed by atoms with Crippen LogP contribution in [0.15, 0.2) is 83.1 Å². The summed E-state index contributed by atoms with van der Waals surface area (Å²) in [6.45, 7) is 5.94. The molecule has 0 aliphatic carbocycles. The Morgan fingerprint density at radius 2 is 1.57 bits per heavy atom. The number of hydrogen-bond donors (Lipinski definition) is 1. The van der Waals surface area contributed by atoms with Gasteiger partial charge in [-0.25, -0.2) is 5.43 Å². The maximum absolute atomic E-state index is 12.5. The van der Waals surface area contributed by atoms with Gasteiger partial charge in [0.2, 0.25) is 0 Å². The molecule has 0 atom stereocenters. The molecule has 4 rings (SSSR count). The molecule has 1 amide bonds. The smallest absolute Gasteiger partial charge is 0.250 e. The van der Waals surface area contributed by atoms with E-state index in [0.29, 0.717) is 10.9 Å². The molecule has 0 radical (unpaired) electrons. The molecule has 7 nitrogen and oxygen atoms in total. The lowest BCUT2D eigenvalue weighted by molar-refractivity contribution is -0.118. The molecule has 3 aromatic carbocycles. The average Bonchev–Trinajstić information content (AvgIpc) is 3.31. The third-order valence-electron chi connectivity index (χ3n) is 5.42. The Morgan fingerprint density at radius 3 is 2.20 bits per heavy atom. The molecular formula is C27H27N5O2S. The van der Waals surface area contributed by atoms with Crippen molar-refractivity contribution in [3.63, 3.8) is 0 Å². The summed E-state index contributed by atoms with van der Waals surface area (Å²) in [7, 11) is 1.62. The Labute approximate surface area is 209 Å². The molecule has 0 bridgehead atoms. The van der Waals surface area contributed by atoms with Crippen molar-refractivity contribution >= 4 is 23.4 Å². The highest BCUT2D eigenvalue weighted by molar-refractivity contribution is 7.99. The molecule has 0 saturated heterocycles. The van der Waals surface area contributed by atoms with Gasteiger partial charge in [0.1, 0.15) is 5.75 Å². The Bertz CT molecular complexity index is 1330. The van der Waals surface area contributed by atoms with E-state index in [-0.39, 0.29) is 11.7 Å². The molecule has 0 fully saturated rings. The van der Waals surface area contributed by atoms with Gasteiger partial charge < -0.3 is 4.74 Å². The fourth-order valence-electron chi connectivity index (χ4n) is 3.38. The quantitative estimate of drug-likeness (QED) is 0.211. The molecular weight excluding hydrogens is 458 g/mol. The van der Waals surface area contributed by atoms with Crippen molar-refractivity contribution in [2.24, 2.45) is 5.10 Å². The fourth-order valence-corrected chi connectivity index (χ4v) is 4.13. The van der Waals surface area contributed by atoms with E-state index in [9.17, 15) is 4.79 Å². The number of amides is 1. The minimum absolute atomic E-state index is 0.150. The Balaban J connectivity index is 1.51. The number of carbonyl (C=O) groups is 1. The first-order chi connectivity index (χ1) is 16.9. The number of nitrogens with zero attached hydrogens (tertiary/aromatic N) is 4. The second kappa shape index (κ2) is 11.0. The third kappa shape index (κ3) is 5.96. The highest BCUT2D eigenvalue weighted by atomic mass is 32.2. The summed E-state index contributed by atoms with van der Waals surface area (Å²) in [5.74, 6) is 1.42. The highest BCUT2D eigenvalue weighted by Crippen LogP contribution is 2.28. The van der Waals surface area contributed by atoms with Crippen LogP contribution in [0.5, 0.6) is 5.75 Å². The lowest BCUT2D eigenvalue weighted by Crippen LogP contribution is -2.21. The Morgan fingerprint density at radius 1 is 0.943 bits per heavy atom. The number of hydrogen-bond acceptors (Lipinski definition) is 6. The van der Waals surface area contributed by atoms with Gasteiger partial charge in [0.15, 0.2) is 11.0 Å². The predicted molar refractivity (Wildman–Crippen MR) is 140 cm³/mol. The molecule has 1 heterocycles. The molecule has 0 aliphatic heterocycles. The number of carbonyl (C=O) groups excluding carboxylic acids is 1. The van der Waals surface area contributed by atoms with Crippen molar-refractivity contribution in [2.75, 3.05) is 12.9 Å². The zero-order valence-electron chi connectivity index (χ0n) is 20.1. The standard InChI is InChI=1S/C27H27N5O2S/c1-18-5-9-22(10-6-18)26-30-31-27(32(26)23-13-7-19(2)8-14-23)35-17-25(33)29-28-20(3)21-11-15-24(34-4)16-12-21/h5-16H,17H2,1-4H3,(H,29,33)/b28-20-. The van der Waals surface area contributed by atoms with E-state index in [1.807, 2.05) is 98.1 Å². The topological polar surface area (TPSA) is 81.4 Å². The van der Waals surface area contributed by atoms with Crippen LogP contribution in [-0.4, -0.2) is 39.2 Å². The van der Waals surface area contributed by atoms with Crippen molar-refractivity contribution in [3.05, 3.63) is 89.5 Å². The SMILES string of the molecule is COc1ccc(/C(C)=N\NC(=O)CSc2nnc(-c3ccc(C)cc3)n2-c2ccc(C)cc2)cc1. The number of rotatable bonds is 8. The van der Waals surface area contributed by atoms with Crippen molar-refractivity contribution in [3.8, 4) is 22.8 Å². The number of aromatic nitrogens is 3. The molecule has 0 unspecified atom stereocenters. The second-order valence-electron chi connectivity index (χ2n) is 8.09. The van der Waals surface area contributed by atoms with Crippen molar-refractivity contribution in [2.45, 2.75) is 25.9 Å². The van der Waals surface area contributed by atoms with Crippen LogP contribution >= 0.6 is 11.8 Å². The summed E-state index contributed by atoms with van der Waals surface area (Å²) in [6.07, 6.45) is 0. The van der Waals surface area contributed by atoms with Crippen molar-refractivity contribution in [1.82, 2.24) is 20.2 Å². The highest BCUT2D eigenvalue weighted by Gasteiger charge is 2.17. The van der Waals surface area contributed by atoms with Crippen LogP contribution in [0.2, 0.25) is 0 Å². The number of methoxy groups -OCH3 is 1. The zero-order valence-corrected chi connectivity index (χ0v) is 21.0. The lowest BCUT2D eigenvalue weighted by Gasteiger charge is -2.11. The van der Waals surface area contributed by atoms with Crippen LogP contribution in [0, 0.1) is 13.8 Å². The van der Waals surface area contributed by atoms with E-state index in [0.717, 1.165) is 34.0 Å². The van der Waals surface area contributed by atoms with E-state index < -0.39 is 0 Å². The molecule has 35 heavy (non-hydrogen) atoms. The molecule has 8 heteroatoms. The zero-order chi connectivity index (χ0) is 24.8. The van der Waals surface area contributed by atoms with Gasteiger partial charge in [-0.2, -0.15) is 5.10 Å². The molecule has 178 valence electrons. The van der Waals surface area contributed by atoms with Gasteiger partial charge in [-0.3, -0.25) is 9.36 Å². The summed E-state index contributed by atoms with van der Waals surface area (Å²) >= 11 is 1.32. The number of thioether (sulfide) groups is 1. The van der Waals surface area contributed by atoms with Crippen LogP contribution in [0.4, 0.5) is 0 Å². The molecule has 0 saturated carbocycles. The number of benzene rings is 3. The number of ether oxygens (including phenoxy) is 1. The van der Waals surface area contributed by atoms with Crippen LogP contribution in [-0.2, 0) is 4.79 Å². The van der Waals surface area contributed by atoms with Gasteiger partial charge in [-0.15, -0.1) is 10.2 Å². The maximum Gasteiger partial charge on any atom is 0.250 e. The third-order valence-corrected chi connectivity index (χ3v) is 6.35. The molecule has 4 aromatic rings. The minimum Gasteiger partial charge on any atom is -0.497 e. The maximum atomic E-state index is 12.5. The van der Waals surface area contributed by atoms with Crippen LogP contribution < -0.4 is 10.2 Å². The van der Waals surface area contributed by atoms with Crippen molar-refractivity contribution in [1.29, 1.82) is 0 Å². The summed E-state index contributed by atoms with van der Waals surface area (Å²) in [4.78, 5) is 12.5. The van der Waals surface area contributed by atoms with Gasteiger partial charge in [-0.05, 0) is 62.7 Å². The molecule has 1 N–H and O–H groups in total. The Kier molecular flexibility index (Phi) is 7.62. The summed E-state index contributed by atoms with van der Waals surface area (Å²) < 4.78 is 7.16. The van der Waals surface area contributed by atoms with Crippen LogP contribution in [0.3, 0.4) is 0 Å². The number of nitrogens with one attached hydrogen (secondary N) is 1. The van der Waals surface area contributed by atoms with Crippen molar-refractivity contribution < 1.29 is 9.53 Å².